The largest absolute Gasteiger partial charge is 0.466 e. The Morgan fingerprint density at radius 1 is 0.667 bits per heavy atom. The summed E-state index contributed by atoms with van der Waals surface area (Å²) in [5.74, 6) is 0. The molecule has 0 saturated heterocycles. The van der Waals surface area contributed by atoms with Crippen molar-refractivity contribution < 1.29 is 63.4 Å². The van der Waals surface area contributed by atoms with E-state index in [4.69, 9.17) is 38.5 Å². The Kier molecular flexibility index (Phi) is 16.1. The van der Waals surface area contributed by atoms with Gasteiger partial charge in [-0.1, -0.05) is 0 Å². The standard InChI is InChI=1S/2H3O4P.H2O.Zn/c2*1-5(2,3)4;;/h2*(H3,1,2,3,4);1H2;. The van der Waals surface area contributed by atoms with Gasteiger partial charge < -0.3 is 34.8 Å². The SMILES string of the molecule is O.O=P(O)(O)O.O=P(O)(O)O.[Zn]. The van der Waals surface area contributed by atoms with Crippen molar-refractivity contribution in [3.8, 4) is 0 Å². The van der Waals surface area contributed by atoms with E-state index >= 15 is 0 Å². The Labute approximate surface area is 79.6 Å². The predicted molar refractivity (Wildman–Crippen MR) is 32.1 cm³/mol. The third-order valence-corrected chi connectivity index (χ3v) is 0. The average molecular weight is 279 g/mol. The van der Waals surface area contributed by atoms with E-state index in [0.717, 1.165) is 0 Å². The van der Waals surface area contributed by atoms with Crippen LogP contribution in [0.3, 0.4) is 0 Å². The van der Waals surface area contributed by atoms with E-state index < -0.39 is 15.6 Å². The van der Waals surface area contributed by atoms with Gasteiger partial charge in [0.15, 0.2) is 0 Å². The van der Waals surface area contributed by atoms with Crippen LogP contribution in [0.15, 0.2) is 0 Å². The van der Waals surface area contributed by atoms with E-state index in [1.807, 2.05) is 0 Å². The molecule has 0 aliphatic carbocycles. The van der Waals surface area contributed by atoms with Gasteiger partial charge in [0.05, 0.1) is 0 Å². The monoisotopic (exact) mass is 278 g/mol. The Morgan fingerprint density at radius 3 is 0.667 bits per heavy atom. The van der Waals surface area contributed by atoms with Gasteiger partial charge in [0.1, 0.15) is 0 Å². The van der Waals surface area contributed by atoms with Crippen LogP contribution >= 0.6 is 15.6 Å². The summed E-state index contributed by atoms with van der Waals surface area (Å²) in [6.07, 6.45) is 0. The summed E-state index contributed by atoms with van der Waals surface area (Å²) in [6, 6.07) is 0. The van der Waals surface area contributed by atoms with Crippen molar-refractivity contribution in [1.29, 1.82) is 0 Å². The molecule has 9 nitrogen and oxygen atoms in total. The summed E-state index contributed by atoms with van der Waals surface area (Å²) >= 11 is 0. The minimum Gasteiger partial charge on any atom is -0.412 e. The molecule has 74 valence electrons. The van der Waals surface area contributed by atoms with Crippen LogP contribution in [0, 0.1) is 0 Å². The molecular weight excluding hydrogens is 271 g/mol. The molecule has 0 unspecified atom stereocenters. The number of hydrogen-bond acceptors (Lipinski definition) is 2. The van der Waals surface area contributed by atoms with Crippen LogP contribution in [0.5, 0.6) is 0 Å². The van der Waals surface area contributed by atoms with Crippen LogP contribution in [0.25, 0.3) is 0 Å². The van der Waals surface area contributed by atoms with Gasteiger partial charge in [-0.05, 0) is 0 Å². The zero-order chi connectivity index (χ0) is 9.00. The summed E-state index contributed by atoms with van der Waals surface area (Å²) in [7, 11) is -9.28. The first kappa shape index (κ1) is 23.0. The van der Waals surface area contributed by atoms with Crippen molar-refractivity contribution >= 4 is 15.6 Å². The summed E-state index contributed by atoms with van der Waals surface area (Å²) < 4.78 is 17.8. The molecule has 12 heteroatoms. The fourth-order valence-electron chi connectivity index (χ4n) is 0. The van der Waals surface area contributed by atoms with Crippen LogP contribution in [-0.2, 0) is 28.6 Å². The third-order valence-electron chi connectivity index (χ3n) is 0. The molecule has 0 atom stereocenters. The maximum atomic E-state index is 8.88. The number of rotatable bonds is 0. The van der Waals surface area contributed by atoms with Crippen LogP contribution in [0.4, 0.5) is 0 Å². The molecule has 8 N–H and O–H groups in total. The van der Waals surface area contributed by atoms with Crippen molar-refractivity contribution in [2.45, 2.75) is 0 Å². The maximum absolute atomic E-state index is 8.88. The van der Waals surface area contributed by atoms with Gasteiger partial charge in [0.25, 0.3) is 0 Å². The molecule has 0 fully saturated rings. The van der Waals surface area contributed by atoms with Gasteiger partial charge >= 0.3 is 15.6 Å². The molecule has 0 aromatic rings. The van der Waals surface area contributed by atoms with Crippen LogP contribution in [0.2, 0.25) is 0 Å². The second kappa shape index (κ2) is 8.40. The fourth-order valence-corrected chi connectivity index (χ4v) is 0. The zero-order valence-corrected chi connectivity index (χ0v) is 10.4. The first-order chi connectivity index (χ1) is 4.00. The Bertz CT molecular complexity index is 125. The Balaban J connectivity index is -0.0000000457. The minimum atomic E-state index is -4.64. The molecule has 0 radical (unpaired) electrons. The van der Waals surface area contributed by atoms with Crippen molar-refractivity contribution in [1.82, 2.24) is 0 Å². The molecule has 0 amide bonds. The van der Waals surface area contributed by atoms with Crippen molar-refractivity contribution in [3.05, 3.63) is 0 Å². The van der Waals surface area contributed by atoms with Crippen LogP contribution < -0.4 is 0 Å². The molecule has 0 saturated carbocycles. The van der Waals surface area contributed by atoms with Gasteiger partial charge in [-0.3, -0.25) is 0 Å². The first-order valence-corrected chi connectivity index (χ1v) is 4.70. The summed E-state index contributed by atoms with van der Waals surface area (Å²) in [4.78, 5) is 43.1. The summed E-state index contributed by atoms with van der Waals surface area (Å²) in [5, 5.41) is 0. The summed E-state index contributed by atoms with van der Waals surface area (Å²) in [5.41, 5.74) is 0. The molecule has 0 aromatic heterocycles. The maximum Gasteiger partial charge on any atom is 0.466 e. The molecule has 0 aromatic carbocycles. The predicted octanol–water partition coefficient (Wildman–Crippen LogP) is -2.68. The van der Waals surface area contributed by atoms with E-state index in [2.05, 4.69) is 0 Å². The van der Waals surface area contributed by atoms with Gasteiger partial charge in [-0.2, -0.15) is 0 Å². The smallest absolute Gasteiger partial charge is 0.412 e. The van der Waals surface area contributed by atoms with Gasteiger partial charge in [0.2, 0.25) is 0 Å². The van der Waals surface area contributed by atoms with Crippen LogP contribution in [0.1, 0.15) is 0 Å². The number of phosphoric acid groups is 2. The molecule has 0 aliphatic rings. The molecular formula is H8O9P2Zn. The minimum absolute atomic E-state index is 0. The Hall–Kier alpha value is 0.803. The number of hydrogen-bond donors (Lipinski definition) is 6. The molecule has 0 aliphatic heterocycles. The second-order valence-electron chi connectivity index (χ2n) is 1.03. The molecule has 0 spiro atoms. The van der Waals surface area contributed by atoms with Crippen molar-refractivity contribution in [3.63, 3.8) is 0 Å². The van der Waals surface area contributed by atoms with Crippen molar-refractivity contribution in [2.24, 2.45) is 0 Å². The van der Waals surface area contributed by atoms with E-state index in [-0.39, 0.29) is 25.0 Å². The van der Waals surface area contributed by atoms with Crippen LogP contribution in [-0.4, -0.2) is 34.8 Å². The molecule has 0 heterocycles. The summed E-state index contributed by atoms with van der Waals surface area (Å²) in [6.45, 7) is 0. The normalized spacial score (nSPS) is 9.83. The second-order valence-corrected chi connectivity index (χ2v) is 3.08. The van der Waals surface area contributed by atoms with Gasteiger partial charge in [-0.15, -0.1) is 0 Å². The average Bonchev–Trinajstić information content (AvgIpc) is 1.12. The fraction of sp³-hybridized carbons (Fsp3) is 0. The van der Waals surface area contributed by atoms with E-state index in [0.29, 0.717) is 0 Å². The van der Waals surface area contributed by atoms with E-state index in [1.54, 1.807) is 0 Å². The quantitative estimate of drug-likeness (QED) is 0.204. The van der Waals surface area contributed by atoms with Gasteiger partial charge in [0, 0.05) is 19.5 Å². The van der Waals surface area contributed by atoms with E-state index in [9.17, 15) is 0 Å². The zero-order valence-electron chi connectivity index (χ0n) is 5.60. The topological polar surface area (TPSA) is 187 Å². The van der Waals surface area contributed by atoms with Crippen molar-refractivity contribution in [2.75, 3.05) is 0 Å². The Morgan fingerprint density at radius 2 is 0.667 bits per heavy atom. The molecule has 0 rings (SSSR count). The van der Waals surface area contributed by atoms with E-state index in [1.165, 1.54) is 0 Å². The molecule has 12 heavy (non-hydrogen) atoms. The first-order valence-electron chi connectivity index (χ1n) is 1.57. The molecule has 0 bridgehead atoms. The third kappa shape index (κ3) is 1610. The van der Waals surface area contributed by atoms with Gasteiger partial charge in [-0.25, -0.2) is 9.13 Å².